The predicted octanol–water partition coefficient (Wildman–Crippen LogP) is 1.82. The molecule has 0 saturated carbocycles. The smallest absolute Gasteiger partial charge is 0.410 e. The Bertz CT molecular complexity index is 925. The van der Waals surface area contributed by atoms with E-state index in [1.807, 2.05) is 30.3 Å². The van der Waals surface area contributed by atoms with Crippen molar-refractivity contribution in [1.82, 2.24) is 20.0 Å². The SMILES string of the molecule is O=C(c1cc([N+](=O)[O-])[nH]n1)N1CCC(N2CC(COc3ccccc3)OC2=O)CC1. The largest absolute Gasteiger partial charge is 0.490 e. The number of hydrogen-bond acceptors (Lipinski definition) is 7. The number of para-hydroxylation sites is 1. The number of aromatic amines is 1. The van der Waals surface area contributed by atoms with Gasteiger partial charge in [-0.05, 0) is 29.9 Å². The van der Waals surface area contributed by atoms with Crippen LogP contribution >= 0.6 is 0 Å². The maximum atomic E-state index is 12.5. The number of cyclic esters (lactones) is 1. The number of nitrogens with zero attached hydrogens (tertiary/aromatic N) is 4. The van der Waals surface area contributed by atoms with Gasteiger partial charge in [0.05, 0.1) is 12.6 Å². The summed E-state index contributed by atoms with van der Waals surface area (Å²) >= 11 is 0. The zero-order chi connectivity index (χ0) is 21.1. The molecule has 1 atom stereocenters. The van der Waals surface area contributed by atoms with Crippen LogP contribution < -0.4 is 4.74 Å². The van der Waals surface area contributed by atoms with Gasteiger partial charge >= 0.3 is 11.9 Å². The van der Waals surface area contributed by atoms with Crippen LogP contribution in [0.2, 0.25) is 0 Å². The van der Waals surface area contributed by atoms with E-state index in [9.17, 15) is 19.7 Å². The van der Waals surface area contributed by atoms with Gasteiger partial charge in [-0.15, -0.1) is 5.10 Å². The van der Waals surface area contributed by atoms with E-state index in [2.05, 4.69) is 10.2 Å². The van der Waals surface area contributed by atoms with Crippen LogP contribution in [0.3, 0.4) is 0 Å². The molecule has 11 nitrogen and oxygen atoms in total. The average molecular weight is 415 g/mol. The van der Waals surface area contributed by atoms with Crippen molar-refractivity contribution >= 4 is 17.8 Å². The van der Waals surface area contributed by atoms with Gasteiger partial charge in [0.2, 0.25) is 0 Å². The Morgan fingerprint density at radius 3 is 2.70 bits per heavy atom. The quantitative estimate of drug-likeness (QED) is 0.562. The third-order valence-electron chi connectivity index (χ3n) is 5.25. The van der Waals surface area contributed by atoms with E-state index in [4.69, 9.17) is 9.47 Å². The fourth-order valence-corrected chi connectivity index (χ4v) is 3.69. The van der Waals surface area contributed by atoms with E-state index in [1.54, 1.807) is 9.80 Å². The Hall–Kier alpha value is -3.63. The highest BCUT2D eigenvalue weighted by Crippen LogP contribution is 2.24. The Balaban J connectivity index is 1.27. The number of nitro groups is 1. The highest BCUT2D eigenvalue weighted by Gasteiger charge is 2.38. The first-order valence-electron chi connectivity index (χ1n) is 9.65. The van der Waals surface area contributed by atoms with Crippen molar-refractivity contribution < 1.29 is 24.0 Å². The average Bonchev–Trinajstić information content (AvgIpc) is 3.40. The van der Waals surface area contributed by atoms with Crippen LogP contribution in [0.15, 0.2) is 36.4 Å². The third kappa shape index (κ3) is 4.19. The molecule has 0 radical (unpaired) electrons. The first kappa shape index (κ1) is 19.7. The minimum atomic E-state index is -0.632. The second-order valence-electron chi connectivity index (χ2n) is 7.20. The molecule has 0 bridgehead atoms. The van der Waals surface area contributed by atoms with Gasteiger partial charge in [0.1, 0.15) is 12.4 Å². The van der Waals surface area contributed by atoms with Gasteiger partial charge in [-0.2, -0.15) is 0 Å². The molecule has 3 heterocycles. The number of rotatable bonds is 6. The molecule has 1 unspecified atom stereocenters. The molecule has 2 aliphatic heterocycles. The van der Waals surface area contributed by atoms with E-state index in [0.29, 0.717) is 32.5 Å². The number of aromatic nitrogens is 2. The Morgan fingerprint density at radius 2 is 2.03 bits per heavy atom. The van der Waals surface area contributed by atoms with Crippen molar-refractivity contribution in [2.75, 3.05) is 26.2 Å². The molecule has 2 aromatic rings. The number of benzene rings is 1. The van der Waals surface area contributed by atoms with E-state index >= 15 is 0 Å². The first-order chi connectivity index (χ1) is 14.5. The number of piperidine rings is 1. The van der Waals surface area contributed by atoms with Crippen molar-refractivity contribution in [2.45, 2.75) is 25.0 Å². The van der Waals surface area contributed by atoms with Crippen LogP contribution in [0.25, 0.3) is 0 Å². The second-order valence-corrected chi connectivity index (χ2v) is 7.20. The summed E-state index contributed by atoms with van der Waals surface area (Å²) in [4.78, 5) is 38.2. The zero-order valence-electron chi connectivity index (χ0n) is 16.1. The first-order valence-corrected chi connectivity index (χ1v) is 9.65. The predicted molar refractivity (Wildman–Crippen MR) is 103 cm³/mol. The van der Waals surface area contributed by atoms with Crippen LogP contribution in [0, 0.1) is 10.1 Å². The molecule has 0 aliphatic carbocycles. The van der Waals surface area contributed by atoms with Crippen molar-refractivity contribution in [2.24, 2.45) is 0 Å². The summed E-state index contributed by atoms with van der Waals surface area (Å²) in [7, 11) is 0. The summed E-state index contributed by atoms with van der Waals surface area (Å²) < 4.78 is 11.1. The number of ether oxygens (including phenoxy) is 2. The number of amides is 2. The fraction of sp³-hybridized carbons (Fsp3) is 0.421. The van der Waals surface area contributed by atoms with Gasteiger partial charge in [0.25, 0.3) is 5.91 Å². The summed E-state index contributed by atoms with van der Waals surface area (Å²) in [6.07, 6.45) is 0.477. The number of H-pyrrole nitrogens is 1. The number of nitrogens with one attached hydrogen (secondary N) is 1. The third-order valence-corrected chi connectivity index (χ3v) is 5.25. The lowest BCUT2D eigenvalue weighted by Gasteiger charge is -2.35. The van der Waals surface area contributed by atoms with Gasteiger partial charge in [0, 0.05) is 19.1 Å². The van der Waals surface area contributed by atoms with E-state index in [-0.39, 0.29) is 42.3 Å². The molecule has 2 saturated heterocycles. The Labute approximate surface area is 171 Å². The van der Waals surface area contributed by atoms with Crippen molar-refractivity contribution in [1.29, 1.82) is 0 Å². The summed E-state index contributed by atoms with van der Waals surface area (Å²) in [5, 5.41) is 16.7. The van der Waals surface area contributed by atoms with Gasteiger partial charge in [-0.3, -0.25) is 4.79 Å². The van der Waals surface area contributed by atoms with E-state index in [0.717, 1.165) is 11.8 Å². The van der Waals surface area contributed by atoms with Crippen LogP contribution in [0.1, 0.15) is 23.3 Å². The minimum Gasteiger partial charge on any atom is -0.490 e. The molecular weight excluding hydrogens is 394 g/mol. The number of likely N-dealkylation sites (tertiary alicyclic amines) is 1. The molecule has 2 amide bonds. The second kappa shape index (κ2) is 8.39. The molecule has 30 heavy (non-hydrogen) atoms. The van der Waals surface area contributed by atoms with Gasteiger partial charge < -0.3 is 29.4 Å². The van der Waals surface area contributed by atoms with Gasteiger partial charge in [0.15, 0.2) is 11.8 Å². The molecule has 0 spiro atoms. The van der Waals surface area contributed by atoms with Crippen molar-refractivity contribution in [3.63, 3.8) is 0 Å². The van der Waals surface area contributed by atoms with Gasteiger partial charge in [-0.1, -0.05) is 23.3 Å². The molecule has 1 aromatic heterocycles. The molecular formula is C19H21N5O6. The highest BCUT2D eigenvalue weighted by molar-refractivity contribution is 5.92. The summed E-state index contributed by atoms with van der Waals surface area (Å²) in [6.45, 7) is 1.58. The Morgan fingerprint density at radius 1 is 1.30 bits per heavy atom. The normalized spacial score (nSPS) is 19.6. The zero-order valence-corrected chi connectivity index (χ0v) is 16.1. The summed E-state index contributed by atoms with van der Waals surface area (Å²) in [5.41, 5.74) is 0.0128. The molecule has 2 aliphatic rings. The van der Waals surface area contributed by atoms with Crippen molar-refractivity contribution in [3.05, 3.63) is 52.2 Å². The molecule has 11 heteroatoms. The lowest BCUT2D eigenvalue weighted by molar-refractivity contribution is -0.389. The molecule has 1 N–H and O–H groups in total. The summed E-state index contributed by atoms with van der Waals surface area (Å²) in [6, 6.07) is 10.4. The standard InChI is InChI=1S/C19H21N5O6/c25-18(16-10-17(21-20-16)24(27)28)22-8-6-13(7-9-22)23-11-15(30-19(23)26)12-29-14-4-2-1-3-5-14/h1-5,10,13,15H,6-9,11-12H2,(H,20,21). The van der Waals surface area contributed by atoms with Crippen LogP contribution in [-0.4, -0.2) is 75.3 Å². The molecule has 2 fully saturated rings. The number of carbonyl (C=O) groups excluding carboxylic acids is 2. The Kier molecular flexibility index (Phi) is 5.50. The van der Waals surface area contributed by atoms with E-state index < -0.39 is 4.92 Å². The summed E-state index contributed by atoms with van der Waals surface area (Å²) in [5.74, 6) is 0.0326. The molecule has 1 aromatic carbocycles. The highest BCUT2D eigenvalue weighted by atomic mass is 16.6. The fourth-order valence-electron chi connectivity index (χ4n) is 3.69. The lowest BCUT2D eigenvalue weighted by atomic mass is 10.0. The van der Waals surface area contributed by atoms with E-state index in [1.165, 1.54) is 0 Å². The van der Waals surface area contributed by atoms with Crippen LogP contribution in [0.5, 0.6) is 5.75 Å². The minimum absolute atomic E-state index is 0.0128. The monoisotopic (exact) mass is 415 g/mol. The van der Waals surface area contributed by atoms with Crippen LogP contribution in [-0.2, 0) is 4.74 Å². The lowest BCUT2D eigenvalue weighted by Crippen LogP contribution is -2.47. The maximum Gasteiger partial charge on any atom is 0.410 e. The van der Waals surface area contributed by atoms with Crippen molar-refractivity contribution in [3.8, 4) is 5.75 Å². The number of hydrogen-bond donors (Lipinski definition) is 1. The number of carbonyl (C=O) groups is 2. The molecule has 158 valence electrons. The van der Waals surface area contributed by atoms with Crippen LogP contribution in [0.4, 0.5) is 10.6 Å². The topological polar surface area (TPSA) is 131 Å². The van der Waals surface area contributed by atoms with Gasteiger partial charge in [-0.25, -0.2) is 4.79 Å². The maximum absolute atomic E-state index is 12.5. The molecule has 4 rings (SSSR count).